The van der Waals surface area contributed by atoms with E-state index in [1.54, 1.807) is 0 Å². The minimum atomic E-state index is 0.787. The third kappa shape index (κ3) is 1.60. The van der Waals surface area contributed by atoms with Crippen molar-refractivity contribution in [3.05, 3.63) is 18.5 Å². The van der Waals surface area contributed by atoms with E-state index in [0.29, 0.717) is 0 Å². The molecule has 0 aromatic carbocycles. The zero-order valence-corrected chi connectivity index (χ0v) is 6.53. The largest absolute Gasteiger partial charge is 0.316 e. The molecule has 1 aliphatic heterocycles. The van der Waals surface area contributed by atoms with E-state index in [1.807, 2.05) is 23.1 Å². The van der Waals surface area contributed by atoms with Crippen LogP contribution in [0.3, 0.4) is 0 Å². The standard InChI is InChI=1S/C8H13N3/c1-3-10-11(5-1)7-8-2-4-9-6-8/h1,3,5,8-9H,2,4,6-7H2/t8-/m1/s1. The maximum atomic E-state index is 4.17. The lowest BCUT2D eigenvalue weighted by atomic mass is 10.1. The summed E-state index contributed by atoms with van der Waals surface area (Å²) in [7, 11) is 0. The SMILES string of the molecule is c1cnn(C[C@@H]2CCNC2)c1. The first-order valence-electron chi connectivity index (χ1n) is 4.13. The summed E-state index contributed by atoms with van der Waals surface area (Å²) in [5.74, 6) is 0.787. The first kappa shape index (κ1) is 6.85. The summed E-state index contributed by atoms with van der Waals surface area (Å²) in [6.45, 7) is 3.39. The highest BCUT2D eigenvalue weighted by molar-refractivity contribution is 4.80. The van der Waals surface area contributed by atoms with Gasteiger partial charge in [0.1, 0.15) is 0 Å². The summed E-state index contributed by atoms with van der Waals surface area (Å²) in [5, 5.41) is 7.51. The van der Waals surface area contributed by atoms with Crippen LogP contribution >= 0.6 is 0 Å². The van der Waals surface area contributed by atoms with Gasteiger partial charge in [-0.3, -0.25) is 4.68 Å². The highest BCUT2D eigenvalue weighted by Gasteiger charge is 2.14. The van der Waals surface area contributed by atoms with Gasteiger partial charge in [0.25, 0.3) is 0 Å². The van der Waals surface area contributed by atoms with Crippen molar-refractivity contribution in [3.63, 3.8) is 0 Å². The smallest absolute Gasteiger partial charge is 0.0489 e. The lowest BCUT2D eigenvalue weighted by Crippen LogP contribution is -2.14. The van der Waals surface area contributed by atoms with E-state index in [4.69, 9.17) is 0 Å². The van der Waals surface area contributed by atoms with Gasteiger partial charge < -0.3 is 5.32 Å². The fraction of sp³-hybridized carbons (Fsp3) is 0.625. The second-order valence-electron chi connectivity index (χ2n) is 3.09. The molecular weight excluding hydrogens is 138 g/mol. The van der Waals surface area contributed by atoms with E-state index >= 15 is 0 Å². The molecule has 2 heterocycles. The first-order valence-corrected chi connectivity index (χ1v) is 4.13. The number of hydrogen-bond acceptors (Lipinski definition) is 2. The fourth-order valence-corrected chi connectivity index (χ4v) is 1.54. The molecule has 1 N–H and O–H groups in total. The molecule has 1 aliphatic rings. The zero-order valence-electron chi connectivity index (χ0n) is 6.53. The summed E-state index contributed by atoms with van der Waals surface area (Å²) in [4.78, 5) is 0. The Morgan fingerprint density at radius 1 is 1.64 bits per heavy atom. The van der Waals surface area contributed by atoms with Gasteiger partial charge in [0.2, 0.25) is 0 Å². The van der Waals surface area contributed by atoms with Crippen molar-refractivity contribution < 1.29 is 0 Å². The van der Waals surface area contributed by atoms with Gasteiger partial charge in [0, 0.05) is 18.9 Å². The molecule has 11 heavy (non-hydrogen) atoms. The number of hydrogen-bond donors (Lipinski definition) is 1. The third-order valence-corrected chi connectivity index (χ3v) is 2.17. The molecule has 0 saturated carbocycles. The average molecular weight is 151 g/mol. The molecular formula is C8H13N3. The predicted molar refractivity (Wildman–Crippen MR) is 43.2 cm³/mol. The third-order valence-electron chi connectivity index (χ3n) is 2.17. The van der Waals surface area contributed by atoms with Crippen molar-refractivity contribution in [2.75, 3.05) is 13.1 Å². The molecule has 3 nitrogen and oxygen atoms in total. The van der Waals surface area contributed by atoms with Gasteiger partial charge in [0.15, 0.2) is 0 Å². The molecule has 0 spiro atoms. The van der Waals surface area contributed by atoms with Crippen molar-refractivity contribution in [2.24, 2.45) is 5.92 Å². The summed E-state index contributed by atoms with van der Waals surface area (Å²) < 4.78 is 2.01. The van der Waals surface area contributed by atoms with E-state index < -0.39 is 0 Å². The van der Waals surface area contributed by atoms with E-state index in [-0.39, 0.29) is 0 Å². The van der Waals surface area contributed by atoms with Crippen LogP contribution in [0.5, 0.6) is 0 Å². The molecule has 0 radical (unpaired) electrons. The monoisotopic (exact) mass is 151 g/mol. The van der Waals surface area contributed by atoms with Crippen LogP contribution in [0.25, 0.3) is 0 Å². The maximum absolute atomic E-state index is 4.17. The number of aromatic nitrogens is 2. The minimum Gasteiger partial charge on any atom is -0.316 e. The summed E-state index contributed by atoms with van der Waals surface area (Å²) in [5.41, 5.74) is 0. The van der Waals surface area contributed by atoms with Crippen LogP contribution in [0.2, 0.25) is 0 Å². The Hall–Kier alpha value is -0.830. The Bertz CT molecular complexity index is 199. The van der Waals surface area contributed by atoms with Crippen LogP contribution in [-0.4, -0.2) is 22.9 Å². The fourth-order valence-electron chi connectivity index (χ4n) is 1.54. The van der Waals surface area contributed by atoms with E-state index in [0.717, 1.165) is 19.0 Å². The Balaban J connectivity index is 1.90. The van der Waals surface area contributed by atoms with E-state index in [2.05, 4.69) is 10.4 Å². The molecule has 0 unspecified atom stereocenters. The molecule has 1 aromatic rings. The van der Waals surface area contributed by atoms with Crippen LogP contribution in [0, 0.1) is 5.92 Å². The minimum absolute atomic E-state index is 0.787. The number of nitrogens with one attached hydrogen (secondary N) is 1. The topological polar surface area (TPSA) is 29.9 Å². The molecule has 1 fully saturated rings. The van der Waals surface area contributed by atoms with Crippen molar-refractivity contribution in [2.45, 2.75) is 13.0 Å². The summed E-state index contributed by atoms with van der Waals surface area (Å²) in [6, 6.07) is 1.97. The van der Waals surface area contributed by atoms with Gasteiger partial charge >= 0.3 is 0 Å². The molecule has 3 heteroatoms. The van der Waals surface area contributed by atoms with Gasteiger partial charge in [-0.05, 0) is 31.5 Å². The van der Waals surface area contributed by atoms with Crippen molar-refractivity contribution in [3.8, 4) is 0 Å². The summed E-state index contributed by atoms with van der Waals surface area (Å²) in [6.07, 6.45) is 5.15. The number of nitrogens with zero attached hydrogens (tertiary/aromatic N) is 2. The van der Waals surface area contributed by atoms with Crippen molar-refractivity contribution in [1.82, 2.24) is 15.1 Å². The molecule has 1 aromatic heterocycles. The van der Waals surface area contributed by atoms with Gasteiger partial charge in [-0.2, -0.15) is 5.10 Å². The molecule has 60 valence electrons. The average Bonchev–Trinajstić information content (AvgIpc) is 2.60. The Morgan fingerprint density at radius 2 is 2.64 bits per heavy atom. The van der Waals surface area contributed by atoms with Crippen molar-refractivity contribution >= 4 is 0 Å². The normalized spacial score (nSPS) is 24.2. The molecule has 0 aliphatic carbocycles. The highest BCUT2D eigenvalue weighted by atomic mass is 15.3. The highest BCUT2D eigenvalue weighted by Crippen LogP contribution is 2.09. The van der Waals surface area contributed by atoms with Gasteiger partial charge in [0.05, 0.1) is 0 Å². The Morgan fingerprint density at radius 3 is 3.27 bits per heavy atom. The van der Waals surface area contributed by atoms with Gasteiger partial charge in [-0.25, -0.2) is 0 Å². The van der Waals surface area contributed by atoms with Gasteiger partial charge in [-0.15, -0.1) is 0 Å². The Labute approximate surface area is 66.4 Å². The molecule has 0 bridgehead atoms. The first-order chi connectivity index (χ1) is 5.45. The van der Waals surface area contributed by atoms with E-state index in [1.165, 1.54) is 13.0 Å². The van der Waals surface area contributed by atoms with Crippen LogP contribution in [0.15, 0.2) is 18.5 Å². The predicted octanol–water partition coefficient (Wildman–Crippen LogP) is 0.493. The zero-order chi connectivity index (χ0) is 7.52. The molecule has 2 rings (SSSR count). The quantitative estimate of drug-likeness (QED) is 0.666. The molecule has 0 amide bonds. The van der Waals surface area contributed by atoms with Crippen LogP contribution in [0.4, 0.5) is 0 Å². The second-order valence-corrected chi connectivity index (χ2v) is 3.09. The maximum Gasteiger partial charge on any atom is 0.0489 e. The molecule has 1 atom stereocenters. The van der Waals surface area contributed by atoms with Gasteiger partial charge in [-0.1, -0.05) is 0 Å². The summed E-state index contributed by atoms with van der Waals surface area (Å²) >= 11 is 0. The van der Waals surface area contributed by atoms with Crippen LogP contribution < -0.4 is 5.32 Å². The Kier molecular flexibility index (Phi) is 1.90. The number of rotatable bonds is 2. The lowest BCUT2D eigenvalue weighted by Gasteiger charge is -2.06. The van der Waals surface area contributed by atoms with Crippen molar-refractivity contribution in [1.29, 1.82) is 0 Å². The van der Waals surface area contributed by atoms with Crippen LogP contribution in [0.1, 0.15) is 6.42 Å². The van der Waals surface area contributed by atoms with E-state index in [9.17, 15) is 0 Å². The second kappa shape index (κ2) is 3.05. The molecule has 1 saturated heterocycles. The van der Waals surface area contributed by atoms with Crippen LogP contribution in [-0.2, 0) is 6.54 Å². The lowest BCUT2D eigenvalue weighted by molar-refractivity contribution is 0.449.